The van der Waals surface area contributed by atoms with Gasteiger partial charge in [-0.3, -0.25) is 9.69 Å². The summed E-state index contributed by atoms with van der Waals surface area (Å²) in [5.41, 5.74) is 2.95. The Morgan fingerprint density at radius 3 is 2.26 bits per heavy atom. The highest BCUT2D eigenvalue weighted by molar-refractivity contribution is 5.69. The first-order valence-electron chi connectivity index (χ1n) is 8.80. The number of hydrogen-bond donors (Lipinski definition) is 1. The number of aliphatic carboxylic acids is 1. The summed E-state index contributed by atoms with van der Waals surface area (Å²) in [4.78, 5) is 13.5. The molecule has 1 aliphatic rings. The summed E-state index contributed by atoms with van der Waals surface area (Å²) in [5, 5.41) is 9.03. The smallest absolute Gasteiger partial charge is 0.306 e. The van der Waals surface area contributed by atoms with Gasteiger partial charge in [-0.05, 0) is 54.8 Å². The summed E-state index contributed by atoms with van der Waals surface area (Å²) in [6.45, 7) is 11.7. The van der Waals surface area contributed by atoms with Crippen LogP contribution in [0.25, 0.3) is 0 Å². The lowest BCUT2D eigenvalue weighted by molar-refractivity contribution is -0.141. The van der Waals surface area contributed by atoms with Crippen molar-refractivity contribution in [3.05, 3.63) is 35.4 Å². The minimum absolute atomic E-state index is 0.206. The number of rotatable bonds is 5. The zero-order chi connectivity index (χ0) is 17.0. The second-order valence-corrected chi connectivity index (χ2v) is 8.14. The van der Waals surface area contributed by atoms with E-state index < -0.39 is 5.97 Å². The van der Waals surface area contributed by atoms with Gasteiger partial charge in [0.1, 0.15) is 0 Å². The number of likely N-dealkylation sites (tertiary alicyclic amines) is 1. The van der Waals surface area contributed by atoms with Crippen molar-refractivity contribution >= 4 is 5.97 Å². The maximum absolute atomic E-state index is 11.0. The van der Waals surface area contributed by atoms with Crippen LogP contribution in [0.1, 0.15) is 58.1 Å². The van der Waals surface area contributed by atoms with Gasteiger partial charge in [-0.2, -0.15) is 0 Å². The molecule has 0 amide bonds. The molecular weight excluding hydrogens is 286 g/mol. The number of hydrogen-bond acceptors (Lipinski definition) is 2. The molecule has 0 aliphatic carbocycles. The molecule has 0 spiro atoms. The third-order valence-corrected chi connectivity index (χ3v) is 5.04. The number of benzene rings is 1. The number of carbonyl (C=O) groups is 1. The molecule has 1 atom stereocenters. The Labute approximate surface area is 140 Å². The zero-order valence-electron chi connectivity index (χ0n) is 15.0. The van der Waals surface area contributed by atoms with Crippen molar-refractivity contribution in [2.45, 2.75) is 58.9 Å². The minimum Gasteiger partial charge on any atom is -0.481 e. The zero-order valence-corrected chi connectivity index (χ0v) is 15.0. The molecule has 0 saturated carbocycles. The van der Waals surface area contributed by atoms with Gasteiger partial charge in [-0.15, -0.1) is 0 Å². The maximum Gasteiger partial charge on any atom is 0.306 e. The van der Waals surface area contributed by atoms with Crippen LogP contribution in [0.15, 0.2) is 24.3 Å². The molecular formula is C20H31NO2. The molecule has 1 fully saturated rings. The first-order valence-corrected chi connectivity index (χ1v) is 8.80. The highest BCUT2D eigenvalue weighted by Crippen LogP contribution is 2.26. The van der Waals surface area contributed by atoms with E-state index in [-0.39, 0.29) is 11.3 Å². The van der Waals surface area contributed by atoms with Crippen LogP contribution >= 0.6 is 0 Å². The third kappa shape index (κ3) is 5.35. The molecule has 3 nitrogen and oxygen atoms in total. The van der Waals surface area contributed by atoms with E-state index in [9.17, 15) is 4.79 Å². The quantitative estimate of drug-likeness (QED) is 0.880. The van der Waals surface area contributed by atoms with Crippen molar-refractivity contribution in [3.63, 3.8) is 0 Å². The van der Waals surface area contributed by atoms with Gasteiger partial charge in [0.15, 0.2) is 0 Å². The predicted octanol–water partition coefficient (Wildman–Crippen LogP) is 4.31. The second-order valence-electron chi connectivity index (χ2n) is 8.14. The fraction of sp³-hybridized carbons (Fsp3) is 0.650. The van der Waals surface area contributed by atoms with Crippen molar-refractivity contribution in [2.24, 2.45) is 11.8 Å². The van der Waals surface area contributed by atoms with Crippen LogP contribution in [-0.4, -0.2) is 29.1 Å². The lowest BCUT2D eigenvalue weighted by Gasteiger charge is -2.32. The van der Waals surface area contributed by atoms with Crippen molar-refractivity contribution in [1.82, 2.24) is 4.90 Å². The fourth-order valence-corrected chi connectivity index (χ4v) is 3.35. The molecule has 1 aromatic rings. The van der Waals surface area contributed by atoms with Crippen molar-refractivity contribution in [3.8, 4) is 0 Å². The van der Waals surface area contributed by atoms with Crippen molar-refractivity contribution in [2.75, 3.05) is 13.1 Å². The topological polar surface area (TPSA) is 40.5 Å². The van der Waals surface area contributed by atoms with Crippen LogP contribution in [0.3, 0.4) is 0 Å². The molecule has 1 saturated heterocycles. The molecule has 1 aliphatic heterocycles. The predicted molar refractivity (Wildman–Crippen MR) is 94.6 cm³/mol. The van der Waals surface area contributed by atoms with Gasteiger partial charge in [0.25, 0.3) is 0 Å². The SMILES string of the molecule is CC(CC1CCN(Cc2ccc(C(C)(C)C)cc2)CC1)C(=O)O. The van der Waals surface area contributed by atoms with Gasteiger partial charge >= 0.3 is 5.97 Å². The minimum atomic E-state index is -0.661. The number of carboxylic acids is 1. The van der Waals surface area contributed by atoms with Crippen molar-refractivity contribution in [1.29, 1.82) is 0 Å². The van der Waals surface area contributed by atoms with E-state index >= 15 is 0 Å². The Morgan fingerprint density at radius 2 is 1.78 bits per heavy atom. The van der Waals surface area contributed by atoms with E-state index in [4.69, 9.17) is 5.11 Å². The Morgan fingerprint density at radius 1 is 1.22 bits per heavy atom. The summed E-state index contributed by atoms with van der Waals surface area (Å²) in [5.74, 6) is -0.302. The van der Waals surface area contributed by atoms with Gasteiger partial charge in [0, 0.05) is 6.54 Å². The van der Waals surface area contributed by atoms with Gasteiger partial charge in [0.05, 0.1) is 5.92 Å². The summed E-state index contributed by atoms with van der Waals surface area (Å²) >= 11 is 0. The van der Waals surface area contributed by atoms with Crippen LogP contribution in [0.4, 0.5) is 0 Å². The second kappa shape index (κ2) is 7.48. The maximum atomic E-state index is 11.0. The molecule has 1 N–H and O–H groups in total. The monoisotopic (exact) mass is 317 g/mol. The van der Waals surface area contributed by atoms with Gasteiger partial charge in [-0.25, -0.2) is 0 Å². The van der Waals surface area contributed by atoms with Crippen LogP contribution in [0.2, 0.25) is 0 Å². The van der Waals surface area contributed by atoms with Crippen LogP contribution in [0.5, 0.6) is 0 Å². The molecule has 1 aromatic carbocycles. The largest absolute Gasteiger partial charge is 0.481 e. The molecule has 3 heteroatoms. The van der Waals surface area contributed by atoms with Crippen LogP contribution < -0.4 is 0 Å². The highest BCUT2D eigenvalue weighted by atomic mass is 16.4. The van der Waals surface area contributed by atoms with Gasteiger partial charge < -0.3 is 5.11 Å². The molecule has 0 aromatic heterocycles. The Balaban J connectivity index is 1.81. The Hall–Kier alpha value is -1.35. The molecule has 1 unspecified atom stereocenters. The van der Waals surface area contributed by atoms with E-state index in [0.717, 1.165) is 38.9 Å². The average molecular weight is 317 g/mol. The molecule has 0 radical (unpaired) electrons. The third-order valence-electron chi connectivity index (χ3n) is 5.04. The van der Waals surface area contributed by atoms with E-state index in [1.165, 1.54) is 11.1 Å². The number of nitrogens with zero attached hydrogens (tertiary/aromatic N) is 1. The van der Waals surface area contributed by atoms with E-state index in [1.54, 1.807) is 0 Å². The van der Waals surface area contributed by atoms with Gasteiger partial charge in [-0.1, -0.05) is 52.0 Å². The Bertz CT molecular complexity index is 507. The van der Waals surface area contributed by atoms with Crippen LogP contribution in [0, 0.1) is 11.8 Å². The molecule has 2 rings (SSSR count). The number of carboxylic acid groups (broad SMARTS) is 1. The average Bonchev–Trinajstić information content (AvgIpc) is 2.49. The highest BCUT2D eigenvalue weighted by Gasteiger charge is 2.23. The summed E-state index contributed by atoms with van der Waals surface area (Å²) < 4.78 is 0. The first kappa shape index (κ1) is 18.0. The van der Waals surface area contributed by atoms with E-state index in [0.29, 0.717) is 5.92 Å². The van der Waals surface area contributed by atoms with E-state index in [1.807, 2.05) is 6.92 Å². The summed E-state index contributed by atoms with van der Waals surface area (Å²) in [6, 6.07) is 8.99. The lowest BCUT2D eigenvalue weighted by atomic mass is 9.86. The normalized spacial score (nSPS) is 18.8. The fourth-order valence-electron chi connectivity index (χ4n) is 3.35. The van der Waals surface area contributed by atoms with E-state index in [2.05, 4.69) is 49.9 Å². The lowest BCUT2D eigenvalue weighted by Crippen LogP contribution is -2.34. The summed E-state index contributed by atoms with van der Waals surface area (Å²) in [6.07, 6.45) is 3.07. The van der Waals surface area contributed by atoms with Crippen LogP contribution in [-0.2, 0) is 16.8 Å². The van der Waals surface area contributed by atoms with Crippen molar-refractivity contribution < 1.29 is 9.90 Å². The molecule has 23 heavy (non-hydrogen) atoms. The number of piperidine rings is 1. The molecule has 128 valence electrons. The Kier molecular flexibility index (Phi) is 5.85. The molecule has 0 bridgehead atoms. The summed E-state index contributed by atoms with van der Waals surface area (Å²) in [7, 11) is 0. The first-order chi connectivity index (χ1) is 10.8. The standard InChI is InChI=1S/C20H31NO2/c1-15(19(22)23)13-16-9-11-21(12-10-16)14-17-5-7-18(8-6-17)20(2,3)4/h5-8,15-16H,9-14H2,1-4H3,(H,22,23). The van der Waals surface area contributed by atoms with Gasteiger partial charge in [0.2, 0.25) is 0 Å². The molecule has 1 heterocycles.